The van der Waals surface area contributed by atoms with Gasteiger partial charge in [0.1, 0.15) is 0 Å². The lowest BCUT2D eigenvalue weighted by Gasteiger charge is -2.26. The van der Waals surface area contributed by atoms with Gasteiger partial charge in [-0.05, 0) is 152 Å². The van der Waals surface area contributed by atoms with Crippen LogP contribution in [0.4, 0.5) is 0 Å². The number of benzene rings is 3. The van der Waals surface area contributed by atoms with Gasteiger partial charge in [-0.3, -0.25) is 0 Å². The Morgan fingerprint density at radius 1 is 0.622 bits per heavy atom. The average molecular weight is 491 g/mol. The number of hydrogen-bond acceptors (Lipinski definition) is 0. The summed E-state index contributed by atoms with van der Waals surface area (Å²) in [5.74, 6) is 4.61. The van der Waals surface area contributed by atoms with Crippen molar-refractivity contribution in [2.24, 2.45) is 11.8 Å². The van der Waals surface area contributed by atoms with Crippen LogP contribution in [0.15, 0.2) is 36.4 Å². The minimum absolute atomic E-state index is 0.707. The zero-order valence-corrected chi connectivity index (χ0v) is 24.4. The zero-order chi connectivity index (χ0) is 26.7. The number of rotatable bonds is 7. The Hall–Kier alpha value is -2.78. The predicted octanol–water partition coefficient (Wildman–Crippen LogP) is 9.26. The molecule has 4 rings (SSSR count). The zero-order valence-electron chi connectivity index (χ0n) is 24.4. The predicted molar refractivity (Wildman–Crippen MR) is 161 cm³/mol. The van der Waals surface area contributed by atoms with Crippen molar-refractivity contribution >= 4 is 0 Å². The minimum atomic E-state index is 0.707. The molecule has 0 aliphatic heterocycles. The molecule has 0 saturated heterocycles. The molecule has 0 amide bonds. The second-order valence-corrected chi connectivity index (χ2v) is 12.0. The van der Waals surface area contributed by atoms with E-state index in [2.05, 4.69) is 90.8 Å². The van der Waals surface area contributed by atoms with Crippen molar-refractivity contribution in [3.8, 4) is 12.3 Å². The van der Waals surface area contributed by atoms with Gasteiger partial charge in [-0.25, -0.2) is 0 Å². The summed E-state index contributed by atoms with van der Waals surface area (Å²) < 4.78 is 0. The topological polar surface area (TPSA) is 0 Å². The highest BCUT2D eigenvalue weighted by atomic mass is 14.2. The van der Waals surface area contributed by atoms with E-state index in [0.717, 1.165) is 24.7 Å². The molecule has 194 valence electrons. The van der Waals surface area contributed by atoms with Crippen molar-refractivity contribution in [3.05, 3.63) is 103 Å². The Balaban J connectivity index is 1.53. The first-order valence-electron chi connectivity index (χ1n) is 14.4. The Kier molecular flexibility index (Phi) is 8.64. The van der Waals surface area contributed by atoms with Crippen molar-refractivity contribution in [1.29, 1.82) is 0 Å². The second-order valence-electron chi connectivity index (χ2n) is 12.0. The van der Waals surface area contributed by atoms with E-state index >= 15 is 0 Å². The van der Waals surface area contributed by atoms with Gasteiger partial charge in [0.25, 0.3) is 0 Å². The van der Waals surface area contributed by atoms with Gasteiger partial charge in [-0.2, -0.15) is 0 Å². The fourth-order valence-electron chi connectivity index (χ4n) is 6.48. The summed E-state index contributed by atoms with van der Waals surface area (Å²) in [6, 6.07) is 14.1. The first kappa shape index (κ1) is 27.3. The lowest BCUT2D eigenvalue weighted by molar-refractivity contribution is 0.289. The quantitative estimate of drug-likeness (QED) is 0.289. The van der Waals surface area contributed by atoms with Crippen LogP contribution in [0.5, 0.6) is 0 Å². The lowest BCUT2D eigenvalue weighted by Crippen LogP contribution is -2.14. The van der Waals surface area contributed by atoms with Crippen LogP contribution in [-0.2, 0) is 25.7 Å². The second kappa shape index (κ2) is 11.7. The van der Waals surface area contributed by atoms with Gasteiger partial charge in [0, 0.05) is 6.42 Å². The van der Waals surface area contributed by atoms with Crippen molar-refractivity contribution in [3.63, 3.8) is 0 Å². The molecule has 0 nitrogen and oxygen atoms in total. The monoisotopic (exact) mass is 490 g/mol. The summed E-state index contributed by atoms with van der Waals surface area (Å²) in [5.41, 5.74) is 17.2. The van der Waals surface area contributed by atoms with Gasteiger partial charge in [0.2, 0.25) is 0 Å². The van der Waals surface area contributed by atoms with E-state index in [4.69, 9.17) is 6.42 Å². The largest absolute Gasteiger partial charge is 0.120 e. The van der Waals surface area contributed by atoms with Crippen LogP contribution in [0.1, 0.15) is 99.4 Å². The smallest absolute Gasteiger partial charge is 0.0340 e. The molecule has 37 heavy (non-hydrogen) atoms. The van der Waals surface area contributed by atoms with E-state index < -0.39 is 0 Å². The fraction of sp³-hybridized carbons (Fsp3) is 0.459. The maximum Gasteiger partial charge on any atom is 0.0340 e. The third-order valence-electron chi connectivity index (χ3n) is 9.67. The van der Waals surface area contributed by atoms with Gasteiger partial charge >= 0.3 is 0 Å². The lowest BCUT2D eigenvalue weighted by atomic mass is 9.80. The Morgan fingerprint density at radius 2 is 1.11 bits per heavy atom. The molecule has 1 saturated carbocycles. The van der Waals surface area contributed by atoms with Crippen LogP contribution in [-0.4, -0.2) is 0 Å². The molecule has 3 aromatic carbocycles. The molecule has 3 aromatic rings. The van der Waals surface area contributed by atoms with Gasteiger partial charge in [0.05, 0.1) is 0 Å². The van der Waals surface area contributed by atoms with Gasteiger partial charge in [-0.15, -0.1) is 12.3 Å². The maximum absolute atomic E-state index is 5.58. The fourth-order valence-corrected chi connectivity index (χ4v) is 6.48. The summed E-state index contributed by atoms with van der Waals surface area (Å²) >= 11 is 0. The van der Waals surface area contributed by atoms with Crippen LogP contribution < -0.4 is 0 Å². The molecule has 0 radical (unpaired) electrons. The molecule has 1 fully saturated rings. The maximum atomic E-state index is 5.58. The minimum Gasteiger partial charge on any atom is -0.120 e. The third kappa shape index (κ3) is 6.04. The Morgan fingerprint density at radius 3 is 1.68 bits per heavy atom. The van der Waals surface area contributed by atoms with Crippen molar-refractivity contribution in [2.45, 2.75) is 99.8 Å². The van der Waals surface area contributed by atoms with Crippen LogP contribution in [0.3, 0.4) is 0 Å². The molecule has 0 unspecified atom stereocenters. The van der Waals surface area contributed by atoms with Crippen molar-refractivity contribution < 1.29 is 0 Å². The molecule has 0 heterocycles. The summed E-state index contributed by atoms with van der Waals surface area (Å²) in [5, 5.41) is 0. The molecule has 0 spiro atoms. The van der Waals surface area contributed by atoms with Crippen LogP contribution >= 0.6 is 0 Å². The van der Waals surface area contributed by atoms with Crippen molar-refractivity contribution in [1.82, 2.24) is 0 Å². The molecule has 0 atom stereocenters. The summed E-state index contributed by atoms with van der Waals surface area (Å²) in [4.78, 5) is 0. The van der Waals surface area contributed by atoms with E-state index in [-0.39, 0.29) is 0 Å². The molecule has 1 aliphatic carbocycles. The summed E-state index contributed by atoms with van der Waals surface area (Å²) in [7, 11) is 0. The van der Waals surface area contributed by atoms with Crippen LogP contribution in [0, 0.1) is 65.7 Å². The van der Waals surface area contributed by atoms with Gasteiger partial charge < -0.3 is 0 Å². The SMILES string of the molecule is C#CCc1ccc(Cc2c(C)c(C)c(Cc3ccc(CC4CCC(C)CC4)cc3)c(C)c2C)c(C)c1C. The van der Waals surface area contributed by atoms with Gasteiger partial charge in [-0.1, -0.05) is 56.2 Å². The summed E-state index contributed by atoms with van der Waals surface area (Å²) in [6.07, 6.45) is 15.2. The van der Waals surface area contributed by atoms with E-state index in [1.165, 1.54) is 98.9 Å². The van der Waals surface area contributed by atoms with E-state index in [1.54, 1.807) is 0 Å². The standard InChI is InChI=1S/C37H46/c1-9-10-34-19-20-35(26(4)25(34)3)23-37-29(7)27(5)36(28(6)30(37)8)22-33-17-15-32(16-18-33)21-31-13-11-24(2)12-14-31/h1,15-20,24,31H,10-14,21-23H2,2-8H3. The normalized spacial score (nSPS) is 17.6. The molecule has 0 heteroatoms. The molecule has 1 aliphatic rings. The van der Waals surface area contributed by atoms with E-state index in [9.17, 15) is 0 Å². The Bertz CT molecular complexity index is 1260. The molecular formula is C37H46. The first-order chi connectivity index (χ1) is 17.7. The molecular weight excluding hydrogens is 444 g/mol. The molecule has 0 aromatic heterocycles. The number of terminal acetylenes is 1. The number of hydrogen-bond donors (Lipinski definition) is 0. The molecule has 0 bridgehead atoms. The third-order valence-corrected chi connectivity index (χ3v) is 9.67. The van der Waals surface area contributed by atoms with Gasteiger partial charge in [0.15, 0.2) is 0 Å². The highest BCUT2D eigenvalue weighted by molar-refractivity contribution is 5.54. The first-order valence-corrected chi connectivity index (χ1v) is 14.4. The highest BCUT2D eigenvalue weighted by Crippen LogP contribution is 2.33. The van der Waals surface area contributed by atoms with Crippen molar-refractivity contribution in [2.75, 3.05) is 0 Å². The van der Waals surface area contributed by atoms with E-state index in [0.29, 0.717) is 6.42 Å². The average Bonchev–Trinajstić information content (AvgIpc) is 2.89. The summed E-state index contributed by atoms with van der Waals surface area (Å²) in [6.45, 7) is 16.2. The van der Waals surface area contributed by atoms with E-state index in [1.807, 2.05) is 0 Å². The van der Waals surface area contributed by atoms with Crippen LogP contribution in [0.25, 0.3) is 0 Å². The Labute approximate surface area is 226 Å². The highest BCUT2D eigenvalue weighted by Gasteiger charge is 2.19. The molecule has 0 N–H and O–H groups in total. The van der Waals surface area contributed by atoms with Crippen LogP contribution in [0.2, 0.25) is 0 Å².